The molecule has 0 radical (unpaired) electrons. The molecule has 0 aliphatic heterocycles. The van der Waals surface area contributed by atoms with E-state index in [1.54, 1.807) is 19.2 Å². The SMILES string of the molecule is CCCNC(CCc1ccccc1[N+](=O)[O-])COC. The zero-order valence-corrected chi connectivity index (χ0v) is 11.6. The number of rotatable bonds is 9. The second-order valence-electron chi connectivity index (χ2n) is 4.53. The van der Waals surface area contributed by atoms with Crippen LogP contribution in [0.3, 0.4) is 0 Å². The van der Waals surface area contributed by atoms with Gasteiger partial charge in [0.1, 0.15) is 0 Å². The van der Waals surface area contributed by atoms with E-state index >= 15 is 0 Å². The molecule has 0 spiro atoms. The second-order valence-corrected chi connectivity index (χ2v) is 4.53. The summed E-state index contributed by atoms with van der Waals surface area (Å²) < 4.78 is 5.17. The fraction of sp³-hybridized carbons (Fsp3) is 0.571. The Labute approximate surface area is 114 Å². The number of nitrogens with one attached hydrogen (secondary N) is 1. The summed E-state index contributed by atoms with van der Waals surface area (Å²) in [6.45, 7) is 3.67. The molecule has 0 amide bonds. The Balaban J connectivity index is 2.60. The molecule has 0 aliphatic carbocycles. The molecule has 0 fully saturated rings. The van der Waals surface area contributed by atoms with Crippen LogP contribution in [0.15, 0.2) is 24.3 Å². The highest BCUT2D eigenvalue weighted by molar-refractivity contribution is 5.39. The first-order valence-electron chi connectivity index (χ1n) is 6.63. The second kappa shape index (κ2) is 8.61. The normalized spacial score (nSPS) is 12.3. The average molecular weight is 266 g/mol. The van der Waals surface area contributed by atoms with E-state index in [2.05, 4.69) is 12.2 Å². The largest absolute Gasteiger partial charge is 0.383 e. The van der Waals surface area contributed by atoms with E-state index in [-0.39, 0.29) is 16.7 Å². The van der Waals surface area contributed by atoms with Gasteiger partial charge in [0.25, 0.3) is 5.69 Å². The third-order valence-electron chi connectivity index (χ3n) is 3.00. The minimum Gasteiger partial charge on any atom is -0.383 e. The minimum atomic E-state index is -0.319. The third kappa shape index (κ3) is 5.36. The summed E-state index contributed by atoms with van der Waals surface area (Å²) in [4.78, 5) is 10.6. The van der Waals surface area contributed by atoms with Crippen molar-refractivity contribution >= 4 is 5.69 Å². The average Bonchev–Trinajstić information content (AvgIpc) is 2.42. The van der Waals surface area contributed by atoms with Crippen LogP contribution in [-0.4, -0.2) is 31.2 Å². The predicted molar refractivity (Wildman–Crippen MR) is 75.4 cm³/mol. The van der Waals surface area contributed by atoms with E-state index in [0.29, 0.717) is 13.0 Å². The number of ether oxygens (including phenoxy) is 1. The molecule has 1 aromatic carbocycles. The number of methoxy groups -OCH3 is 1. The Bertz CT molecular complexity index is 396. The smallest absolute Gasteiger partial charge is 0.272 e. The van der Waals surface area contributed by atoms with Crippen LogP contribution in [0.4, 0.5) is 5.69 Å². The van der Waals surface area contributed by atoms with E-state index in [9.17, 15) is 10.1 Å². The van der Waals surface area contributed by atoms with Gasteiger partial charge in [-0.3, -0.25) is 10.1 Å². The summed E-state index contributed by atoms with van der Waals surface area (Å²) in [6.07, 6.45) is 2.58. The van der Waals surface area contributed by atoms with Crippen molar-refractivity contribution in [2.24, 2.45) is 0 Å². The first-order valence-corrected chi connectivity index (χ1v) is 6.63. The Morgan fingerprint density at radius 1 is 1.42 bits per heavy atom. The Morgan fingerprint density at radius 3 is 2.79 bits per heavy atom. The lowest BCUT2D eigenvalue weighted by Crippen LogP contribution is -2.34. The molecule has 0 heterocycles. The monoisotopic (exact) mass is 266 g/mol. The number of nitro benzene ring substituents is 1. The van der Waals surface area contributed by atoms with E-state index in [4.69, 9.17) is 4.74 Å². The van der Waals surface area contributed by atoms with Crippen LogP contribution >= 0.6 is 0 Å². The number of para-hydroxylation sites is 1. The minimum absolute atomic E-state index is 0.203. The number of nitrogens with zero attached hydrogens (tertiary/aromatic N) is 1. The summed E-state index contributed by atoms with van der Waals surface area (Å²) in [5.74, 6) is 0. The van der Waals surface area contributed by atoms with Gasteiger partial charge >= 0.3 is 0 Å². The number of aryl methyl sites for hydroxylation is 1. The van der Waals surface area contributed by atoms with Gasteiger partial charge in [-0.05, 0) is 25.8 Å². The van der Waals surface area contributed by atoms with Gasteiger partial charge < -0.3 is 10.1 Å². The molecule has 1 rings (SSSR count). The molecule has 5 nitrogen and oxygen atoms in total. The number of benzene rings is 1. The van der Waals surface area contributed by atoms with E-state index in [1.807, 2.05) is 12.1 Å². The molecule has 0 saturated carbocycles. The van der Waals surface area contributed by atoms with Crippen LogP contribution in [0.5, 0.6) is 0 Å². The highest BCUT2D eigenvalue weighted by Crippen LogP contribution is 2.19. The van der Waals surface area contributed by atoms with E-state index in [0.717, 1.165) is 24.9 Å². The Hall–Kier alpha value is -1.46. The lowest BCUT2D eigenvalue weighted by molar-refractivity contribution is -0.385. The number of nitro groups is 1. The van der Waals surface area contributed by atoms with Crippen molar-refractivity contribution in [1.29, 1.82) is 0 Å². The van der Waals surface area contributed by atoms with Crippen LogP contribution in [0, 0.1) is 10.1 Å². The van der Waals surface area contributed by atoms with Gasteiger partial charge in [-0.2, -0.15) is 0 Å². The van der Waals surface area contributed by atoms with Crippen molar-refractivity contribution in [3.63, 3.8) is 0 Å². The molecule has 0 saturated heterocycles. The summed E-state index contributed by atoms with van der Waals surface area (Å²) in [5.41, 5.74) is 0.987. The topological polar surface area (TPSA) is 64.4 Å². The molecular formula is C14H22N2O3. The molecule has 0 bridgehead atoms. The molecule has 0 aromatic heterocycles. The molecule has 19 heavy (non-hydrogen) atoms. The van der Waals surface area contributed by atoms with Crippen molar-refractivity contribution < 1.29 is 9.66 Å². The molecule has 1 aromatic rings. The van der Waals surface area contributed by atoms with Crippen molar-refractivity contribution in [3.8, 4) is 0 Å². The number of hydrogen-bond donors (Lipinski definition) is 1. The fourth-order valence-corrected chi connectivity index (χ4v) is 2.02. The molecule has 1 unspecified atom stereocenters. The Kier molecular flexibility index (Phi) is 7.07. The van der Waals surface area contributed by atoms with Crippen molar-refractivity contribution in [3.05, 3.63) is 39.9 Å². The lowest BCUT2D eigenvalue weighted by Gasteiger charge is -2.17. The number of hydrogen-bond acceptors (Lipinski definition) is 4. The fourth-order valence-electron chi connectivity index (χ4n) is 2.02. The van der Waals surface area contributed by atoms with Gasteiger partial charge in [-0.1, -0.05) is 25.1 Å². The van der Waals surface area contributed by atoms with Crippen molar-refractivity contribution in [2.45, 2.75) is 32.2 Å². The quantitative estimate of drug-likeness (QED) is 0.551. The van der Waals surface area contributed by atoms with Crippen molar-refractivity contribution in [2.75, 3.05) is 20.3 Å². The third-order valence-corrected chi connectivity index (χ3v) is 3.00. The van der Waals surface area contributed by atoms with Gasteiger partial charge in [-0.15, -0.1) is 0 Å². The molecular weight excluding hydrogens is 244 g/mol. The van der Waals surface area contributed by atoms with Crippen LogP contribution < -0.4 is 5.32 Å². The van der Waals surface area contributed by atoms with Gasteiger partial charge in [0.05, 0.1) is 11.5 Å². The maximum atomic E-state index is 10.9. The van der Waals surface area contributed by atoms with Crippen LogP contribution in [0.25, 0.3) is 0 Å². The van der Waals surface area contributed by atoms with Gasteiger partial charge in [0.15, 0.2) is 0 Å². The van der Waals surface area contributed by atoms with Crippen LogP contribution in [0.1, 0.15) is 25.3 Å². The Morgan fingerprint density at radius 2 is 2.16 bits per heavy atom. The maximum Gasteiger partial charge on any atom is 0.272 e. The predicted octanol–water partition coefficient (Wildman–Crippen LogP) is 2.54. The van der Waals surface area contributed by atoms with Gasteiger partial charge in [0.2, 0.25) is 0 Å². The van der Waals surface area contributed by atoms with Gasteiger partial charge in [0, 0.05) is 24.8 Å². The summed E-state index contributed by atoms with van der Waals surface area (Å²) in [7, 11) is 1.67. The zero-order valence-electron chi connectivity index (χ0n) is 11.6. The van der Waals surface area contributed by atoms with Crippen molar-refractivity contribution in [1.82, 2.24) is 5.32 Å². The lowest BCUT2D eigenvalue weighted by atomic mass is 10.0. The van der Waals surface area contributed by atoms with E-state index in [1.165, 1.54) is 0 Å². The van der Waals surface area contributed by atoms with Crippen LogP contribution in [-0.2, 0) is 11.2 Å². The first-order chi connectivity index (χ1) is 9.19. The van der Waals surface area contributed by atoms with E-state index < -0.39 is 0 Å². The standard InChI is InChI=1S/C14H22N2O3/c1-3-10-15-13(11-19-2)9-8-12-6-4-5-7-14(12)16(17)18/h4-7,13,15H,3,8-11H2,1-2H3. The summed E-state index contributed by atoms with van der Waals surface area (Å²) in [5, 5.41) is 14.3. The molecule has 1 N–H and O–H groups in total. The first kappa shape index (κ1) is 15.6. The maximum absolute atomic E-state index is 10.9. The van der Waals surface area contributed by atoms with Gasteiger partial charge in [-0.25, -0.2) is 0 Å². The highest BCUT2D eigenvalue weighted by atomic mass is 16.6. The molecule has 0 aliphatic rings. The van der Waals surface area contributed by atoms with Crippen LogP contribution in [0.2, 0.25) is 0 Å². The highest BCUT2D eigenvalue weighted by Gasteiger charge is 2.14. The molecule has 5 heteroatoms. The summed E-state index contributed by atoms with van der Waals surface area (Å²) >= 11 is 0. The molecule has 106 valence electrons. The zero-order chi connectivity index (χ0) is 14.1. The molecule has 1 atom stereocenters. The summed E-state index contributed by atoms with van der Waals surface area (Å²) in [6, 6.07) is 7.16.